The number of aromatic amines is 4. The highest BCUT2D eigenvalue weighted by atomic mass is 16.2. The summed E-state index contributed by atoms with van der Waals surface area (Å²) < 4.78 is 7.08. The van der Waals surface area contributed by atoms with E-state index in [9.17, 15) is 5.02 Å². The standard InChI is InChI=1S/C27H26BN9O.2C27H26N6.C26H25N7/c1-17-4-3-5-23(33-17)27-26(20-8-11-25-30-16-32-36(25)15-20)34-24(35-27)10-7-19-6-9-22-21(12-19)14-31-37(28(22)38)18(2)13-29;2*1-18-5-4-8-23(30-18)27-26(22-12-14-25-28-17-29-33(25)16-22)31-24(32-27)13-10-19-9-11-20-6-2-3-7-21(20)15-19;1-17-4-2-6-22(30-17)26-25(20-9-12-24-28-16-29-33(24)15-20)31-23(32-26)11-8-18-7-10-21-19(14-18)5-3-13-27-21/h3-6,8-9,11-12,14-16,38H,2,7,10,13,29H2,1H3,(H,34,35);2*4-5,8-9,11-12,14-17H,2-3,6-7,10,13H2,1H3,(H,31,32);2,4,6-7,9-10,12,14-16,27H,3,5,8,11,13H2,1H3,(H,31,32). The van der Waals surface area contributed by atoms with Gasteiger partial charge in [-0.25, -0.2) is 57.9 Å². The van der Waals surface area contributed by atoms with Gasteiger partial charge in [0.2, 0.25) is 0 Å². The third-order valence-corrected chi connectivity index (χ3v) is 25.9. The van der Waals surface area contributed by atoms with E-state index in [2.05, 4.69) is 138 Å². The number of H-pyrrole nitrogens is 4. The van der Waals surface area contributed by atoms with Crippen molar-refractivity contribution in [2.45, 2.75) is 143 Å². The van der Waals surface area contributed by atoms with Crippen molar-refractivity contribution in [3.8, 4) is 90.6 Å². The van der Waals surface area contributed by atoms with Gasteiger partial charge in [0.05, 0.1) is 74.5 Å². The fraction of sp³-hybridized carbons (Fsp3) is 0.224. The molecule has 4 aliphatic rings. The van der Waals surface area contributed by atoms with Crippen molar-refractivity contribution < 1.29 is 5.02 Å². The molecule has 0 fully saturated rings. The number of fused-ring (bicyclic) bond motifs is 8. The van der Waals surface area contributed by atoms with Crippen LogP contribution in [0.3, 0.4) is 0 Å². The second-order valence-corrected chi connectivity index (χ2v) is 35.5. The van der Waals surface area contributed by atoms with Gasteiger partial charge in [-0.1, -0.05) is 97.6 Å². The monoisotopic (exact) mass is 1810 g/mol. The average molecular weight is 1810 g/mol. The van der Waals surface area contributed by atoms with Crippen LogP contribution in [0.1, 0.15) is 134 Å². The molecule has 24 rings (SSSR count). The fourth-order valence-corrected chi connectivity index (χ4v) is 18.7. The Morgan fingerprint density at radius 3 is 1.07 bits per heavy atom. The van der Waals surface area contributed by atoms with Crippen molar-refractivity contribution >= 4 is 47.0 Å². The molecule has 2 aliphatic heterocycles. The minimum Gasteiger partial charge on any atom is -0.427 e. The van der Waals surface area contributed by atoms with Crippen molar-refractivity contribution in [2.24, 2.45) is 10.8 Å². The predicted molar refractivity (Wildman–Crippen MR) is 535 cm³/mol. The van der Waals surface area contributed by atoms with Gasteiger partial charge in [-0.3, -0.25) is 24.9 Å². The summed E-state index contributed by atoms with van der Waals surface area (Å²) >= 11 is 0. The van der Waals surface area contributed by atoms with Gasteiger partial charge >= 0.3 is 7.05 Å². The number of aromatic nitrogens is 24. The SMILES string of the molecule is C=C(CN)N1N=Cc2cc(CCc3nc(-c4ccc5ncnn5c4)c(-c4cccc(C)n4)[nH]3)ccc2B1O.Cc1cccc(-c2[nH]c(CCc3ccc4c(c3)CCCC4)nc2-c2ccc3ncnn3c2)n1.Cc1cccc(-c2[nH]c(CCc3ccc4c(c3)CCCC4)nc2-c2ccc3ncnn3c2)n1.Cc1cccc(-c2[nH]c(CCc3ccc4c(c3)CCCN4)nc2-c2ccc3ncnn3c2)n1. The van der Waals surface area contributed by atoms with Crippen molar-refractivity contribution in [3.05, 3.63) is 358 Å². The maximum absolute atomic E-state index is 10.7. The van der Waals surface area contributed by atoms with E-state index < -0.39 is 7.05 Å². The molecular weight excluding hydrogens is 1700 g/mol. The van der Waals surface area contributed by atoms with Crippen LogP contribution in [0, 0.1) is 27.7 Å². The lowest BCUT2D eigenvalue weighted by atomic mass is 9.69. The van der Waals surface area contributed by atoms with Crippen LogP contribution >= 0.6 is 0 Å². The molecule has 30 heteroatoms. The lowest BCUT2D eigenvalue weighted by Gasteiger charge is -2.27. The van der Waals surface area contributed by atoms with Crippen LogP contribution in [-0.2, 0) is 83.5 Å². The topological polar surface area (TPSA) is 361 Å². The zero-order valence-electron chi connectivity index (χ0n) is 77.0. The molecule has 0 spiro atoms. The number of pyridine rings is 8. The number of rotatable bonds is 22. The van der Waals surface area contributed by atoms with Gasteiger partial charge in [0.15, 0.2) is 22.6 Å². The normalized spacial score (nSPS) is 13.2. The number of nitrogens with two attached hydrogens (primary N) is 1. The number of anilines is 1. The lowest BCUT2D eigenvalue weighted by Crippen LogP contribution is -2.50. The molecule has 8 N–H and O–H groups in total. The summed E-state index contributed by atoms with van der Waals surface area (Å²) in [5.41, 5.74) is 43.6. The van der Waals surface area contributed by atoms with Crippen LogP contribution < -0.4 is 16.5 Å². The van der Waals surface area contributed by atoms with Crippen LogP contribution in [0.25, 0.3) is 113 Å². The minimum absolute atomic E-state index is 0.222. The van der Waals surface area contributed by atoms with E-state index in [1.807, 2.05) is 186 Å². The van der Waals surface area contributed by atoms with Gasteiger partial charge in [0, 0.05) is 120 Å². The highest BCUT2D eigenvalue weighted by Gasteiger charge is 2.31. The zero-order chi connectivity index (χ0) is 92.8. The number of hydrogen-bond acceptors (Lipinski definition) is 21. The van der Waals surface area contributed by atoms with Crippen molar-refractivity contribution in [2.75, 3.05) is 18.4 Å². The molecular formula is C107H103BN28O. The van der Waals surface area contributed by atoms with Gasteiger partial charge < -0.3 is 36.0 Å². The van der Waals surface area contributed by atoms with Crippen molar-refractivity contribution in [1.29, 1.82) is 0 Å². The largest absolute Gasteiger partial charge is 0.471 e. The number of nitrogens with zero attached hydrogens (tertiary/aromatic N) is 22. The summed E-state index contributed by atoms with van der Waals surface area (Å²) in [6.45, 7) is 13.2. The predicted octanol–water partition coefficient (Wildman–Crippen LogP) is 17.0. The maximum Gasteiger partial charge on any atom is 0.471 e. The van der Waals surface area contributed by atoms with E-state index in [4.69, 9.17) is 45.6 Å². The molecule has 137 heavy (non-hydrogen) atoms. The molecule has 16 aromatic heterocycles. The molecule has 0 radical (unpaired) electrons. The van der Waals surface area contributed by atoms with Crippen LogP contribution in [0.5, 0.6) is 0 Å². The Morgan fingerprint density at radius 2 is 0.701 bits per heavy atom. The summed E-state index contributed by atoms with van der Waals surface area (Å²) in [6.07, 6.45) is 35.1. The molecule has 0 saturated carbocycles. The first-order valence-corrected chi connectivity index (χ1v) is 47.1. The number of hydrazone groups is 1. The lowest BCUT2D eigenvalue weighted by molar-refractivity contribution is 0.444. The van der Waals surface area contributed by atoms with E-state index in [-0.39, 0.29) is 6.54 Å². The molecule has 0 saturated heterocycles. The van der Waals surface area contributed by atoms with Gasteiger partial charge in [-0.05, 0) is 282 Å². The first kappa shape index (κ1) is 87.4. The Kier molecular flexibility index (Phi) is 25.0. The molecule has 0 atom stereocenters. The Bertz CT molecular complexity index is 7330. The van der Waals surface area contributed by atoms with Crippen LogP contribution in [0.15, 0.2) is 262 Å². The van der Waals surface area contributed by atoms with E-state index >= 15 is 0 Å². The van der Waals surface area contributed by atoms with E-state index in [1.165, 1.54) is 119 Å². The summed E-state index contributed by atoms with van der Waals surface area (Å²) in [5, 5.41) is 35.7. The smallest absolute Gasteiger partial charge is 0.427 e. The van der Waals surface area contributed by atoms with Crippen LogP contribution in [0.2, 0.25) is 0 Å². The van der Waals surface area contributed by atoms with Gasteiger partial charge in [0.25, 0.3) is 0 Å². The summed E-state index contributed by atoms with van der Waals surface area (Å²) in [6, 6.07) is 67.0. The number of hydrogen-bond donors (Lipinski definition) is 7. The Morgan fingerprint density at radius 1 is 0.365 bits per heavy atom. The average Bonchev–Trinajstić information content (AvgIpc) is 1.21. The Labute approximate surface area is 791 Å². The number of nitrogens with one attached hydrogen (secondary N) is 5. The van der Waals surface area contributed by atoms with E-state index in [0.29, 0.717) is 12.1 Å². The highest BCUT2D eigenvalue weighted by molar-refractivity contribution is 6.65. The molecule has 29 nitrogen and oxygen atoms in total. The highest BCUT2D eigenvalue weighted by Crippen LogP contribution is 2.37. The summed E-state index contributed by atoms with van der Waals surface area (Å²) in [7, 11) is -0.903. The zero-order valence-corrected chi connectivity index (χ0v) is 77.0. The number of imidazole rings is 4. The van der Waals surface area contributed by atoms with E-state index in [1.54, 1.807) is 43.3 Å². The summed E-state index contributed by atoms with van der Waals surface area (Å²) in [5.74, 6) is 3.76. The van der Waals surface area contributed by atoms with Gasteiger partial charge in [-0.2, -0.15) is 25.5 Å². The second-order valence-electron chi connectivity index (χ2n) is 35.5. The van der Waals surface area contributed by atoms with Gasteiger partial charge in [0.1, 0.15) is 48.6 Å². The number of benzene rings is 4. The quantitative estimate of drug-likeness (QED) is 0.0310. The maximum atomic E-state index is 10.7. The second kappa shape index (κ2) is 39.2. The number of aryl methyl sites for hydroxylation is 17. The Hall–Kier alpha value is -16.2. The molecule has 4 aromatic carbocycles. The summed E-state index contributed by atoms with van der Waals surface area (Å²) in [4.78, 5) is 71.7. The Balaban J connectivity index is 0.000000109. The third-order valence-electron chi connectivity index (χ3n) is 25.9. The molecule has 0 unspecified atom stereocenters. The van der Waals surface area contributed by atoms with Crippen molar-refractivity contribution in [1.82, 2.24) is 123 Å². The molecule has 18 heterocycles. The van der Waals surface area contributed by atoms with E-state index in [0.717, 1.165) is 234 Å². The molecule has 20 aromatic rings. The minimum atomic E-state index is -0.903. The first-order valence-electron chi connectivity index (χ1n) is 47.1. The molecule has 680 valence electrons. The first-order chi connectivity index (χ1) is 67.2. The third kappa shape index (κ3) is 19.5. The fourth-order valence-electron chi connectivity index (χ4n) is 18.7. The van der Waals surface area contributed by atoms with Crippen LogP contribution in [0.4, 0.5) is 5.69 Å². The van der Waals surface area contributed by atoms with Crippen LogP contribution in [-0.4, -0.2) is 154 Å². The molecule has 2 aliphatic carbocycles. The van der Waals surface area contributed by atoms with Gasteiger partial charge in [-0.15, -0.1) is 0 Å². The molecule has 0 bridgehead atoms. The van der Waals surface area contributed by atoms with Crippen molar-refractivity contribution in [3.63, 3.8) is 0 Å². The molecule has 0 amide bonds.